The van der Waals surface area contributed by atoms with Gasteiger partial charge in [0.1, 0.15) is 5.82 Å². The number of nitrogens with two attached hydrogens (primary N) is 1. The van der Waals surface area contributed by atoms with Crippen LogP contribution in [0.3, 0.4) is 0 Å². The monoisotopic (exact) mass is 262 g/mol. The van der Waals surface area contributed by atoms with Crippen molar-refractivity contribution in [1.29, 1.82) is 0 Å². The number of nitrogens with zero attached hydrogens (tertiary/aromatic N) is 3. The summed E-state index contributed by atoms with van der Waals surface area (Å²) >= 11 is 0. The molecule has 1 aromatic rings. The first-order chi connectivity index (χ1) is 8.30. The predicted octanol–water partition coefficient (Wildman–Crippen LogP) is 2.09. The van der Waals surface area contributed by atoms with Gasteiger partial charge in [-0.2, -0.15) is 18.3 Å². The molecule has 2 heterocycles. The number of anilines is 2. The Hall–Kier alpha value is -1.40. The summed E-state index contributed by atoms with van der Waals surface area (Å²) in [6.07, 6.45) is -3.42. The third kappa shape index (κ3) is 2.26. The van der Waals surface area contributed by atoms with Crippen molar-refractivity contribution in [2.45, 2.75) is 25.9 Å². The zero-order valence-electron chi connectivity index (χ0n) is 10.5. The molecular formula is C11H17F3N4. The fourth-order valence-corrected chi connectivity index (χ4v) is 2.47. The second-order valence-electron chi connectivity index (χ2n) is 4.77. The summed E-state index contributed by atoms with van der Waals surface area (Å²) in [4.78, 5) is 1.69. The highest BCUT2D eigenvalue weighted by atomic mass is 19.4. The van der Waals surface area contributed by atoms with Gasteiger partial charge in [0.2, 0.25) is 0 Å². The minimum Gasteiger partial charge on any atom is -0.394 e. The minimum absolute atomic E-state index is 0.0350. The van der Waals surface area contributed by atoms with Crippen LogP contribution in [0.1, 0.15) is 18.5 Å². The maximum Gasteiger partial charge on any atom is 0.393 e. The first-order valence-corrected chi connectivity index (χ1v) is 5.91. The van der Waals surface area contributed by atoms with E-state index in [1.54, 1.807) is 23.6 Å². The Morgan fingerprint density at radius 1 is 1.39 bits per heavy atom. The molecule has 1 fully saturated rings. The molecule has 0 aliphatic carbocycles. The third-order valence-electron chi connectivity index (χ3n) is 3.42. The summed E-state index contributed by atoms with van der Waals surface area (Å²) in [7, 11) is 1.70. The van der Waals surface area contributed by atoms with Crippen molar-refractivity contribution >= 4 is 11.5 Å². The van der Waals surface area contributed by atoms with Gasteiger partial charge in [0.15, 0.2) is 0 Å². The van der Waals surface area contributed by atoms with Crippen LogP contribution < -0.4 is 10.6 Å². The molecule has 1 saturated heterocycles. The van der Waals surface area contributed by atoms with Gasteiger partial charge in [0, 0.05) is 20.1 Å². The highest BCUT2D eigenvalue weighted by molar-refractivity contribution is 5.66. The van der Waals surface area contributed by atoms with Crippen molar-refractivity contribution in [3.8, 4) is 0 Å². The fourth-order valence-electron chi connectivity index (χ4n) is 2.47. The molecular weight excluding hydrogens is 245 g/mol. The van der Waals surface area contributed by atoms with Gasteiger partial charge in [0.25, 0.3) is 0 Å². The van der Waals surface area contributed by atoms with E-state index in [4.69, 9.17) is 5.73 Å². The lowest BCUT2D eigenvalue weighted by Crippen LogP contribution is -2.42. The number of nitrogen functional groups attached to an aromatic ring is 1. The van der Waals surface area contributed by atoms with Gasteiger partial charge in [0.05, 0.1) is 17.3 Å². The van der Waals surface area contributed by atoms with E-state index in [0.29, 0.717) is 30.2 Å². The molecule has 102 valence electrons. The number of rotatable bonds is 1. The maximum absolute atomic E-state index is 12.8. The van der Waals surface area contributed by atoms with Crippen molar-refractivity contribution in [3.63, 3.8) is 0 Å². The Bertz CT molecular complexity index is 438. The van der Waals surface area contributed by atoms with Crippen molar-refractivity contribution < 1.29 is 13.2 Å². The second-order valence-corrected chi connectivity index (χ2v) is 4.77. The molecule has 2 N–H and O–H groups in total. The van der Waals surface area contributed by atoms with Crippen LogP contribution in [0.25, 0.3) is 0 Å². The molecule has 1 unspecified atom stereocenters. The van der Waals surface area contributed by atoms with E-state index in [2.05, 4.69) is 5.10 Å². The number of hydrogen-bond acceptors (Lipinski definition) is 3. The van der Waals surface area contributed by atoms with Crippen LogP contribution >= 0.6 is 0 Å². The van der Waals surface area contributed by atoms with Gasteiger partial charge in [-0.25, -0.2) is 0 Å². The van der Waals surface area contributed by atoms with Gasteiger partial charge in [-0.05, 0) is 19.8 Å². The summed E-state index contributed by atoms with van der Waals surface area (Å²) in [5, 5.41) is 4.14. The summed E-state index contributed by atoms with van der Waals surface area (Å²) in [6, 6.07) is 0. The lowest BCUT2D eigenvalue weighted by atomic mass is 9.97. The van der Waals surface area contributed by atoms with Crippen LogP contribution in [0.2, 0.25) is 0 Å². The topological polar surface area (TPSA) is 47.1 Å². The fraction of sp³-hybridized carbons (Fsp3) is 0.727. The van der Waals surface area contributed by atoms with Crippen molar-refractivity contribution in [3.05, 3.63) is 5.69 Å². The van der Waals surface area contributed by atoms with Crippen molar-refractivity contribution in [2.24, 2.45) is 13.0 Å². The van der Waals surface area contributed by atoms with Crippen LogP contribution in [0, 0.1) is 12.8 Å². The van der Waals surface area contributed by atoms with E-state index < -0.39 is 12.1 Å². The number of hydrogen-bond donors (Lipinski definition) is 1. The van der Waals surface area contributed by atoms with Crippen molar-refractivity contribution in [2.75, 3.05) is 23.7 Å². The van der Waals surface area contributed by atoms with Gasteiger partial charge < -0.3 is 10.6 Å². The normalized spacial score (nSPS) is 21.4. The van der Waals surface area contributed by atoms with E-state index in [1.807, 2.05) is 0 Å². The molecule has 1 aromatic heterocycles. The summed E-state index contributed by atoms with van der Waals surface area (Å²) in [5.41, 5.74) is 7.01. The quantitative estimate of drug-likeness (QED) is 0.843. The Morgan fingerprint density at radius 3 is 2.56 bits per heavy atom. The summed E-state index contributed by atoms with van der Waals surface area (Å²) < 4.78 is 39.8. The number of piperidine rings is 1. The van der Waals surface area contributed by atoms with Gasteiger partial charge >= 0.3 is 6.18 Å². The number of halogens is 3. The highest BCUT2D eigenvalue weighted by Gasteiger charge is 2.42. The zero-order chi connectivity index (χ0) is 13.5. The van der Waals surface area contributed by atoms with Crippen LogP contribution in [0.15, 0.2) is 0 Å². The lowest BCUT2D eigenvalue weighted by molar-refractivity contribution is -0.176. The molecule has 7 heteroatoms. The first-order valence-electron chi connectivity index (χ1n) is 5.91. The SMILES string of the molecule is Cc1nn(C)c(N2CCCC(C(F)(F)F)C2)c1N. The zero-order valence-corrected chi connectivity index (χ0v) is 10.5. The number of alkyl halides is 3. The Morgan fingerprint density at radius 2 is 2.06 bits per heavy atom. The second kappa shape index (κ2) is 4.37. The van der Waals surface area contributed by atoms with E-state index in [9.17, 15) is 13.2 Å². The molecule has 0 bridgehead atoms. The molecule has 0 spiro atoms. The van der Waals surface area contributed by atoms with Gasteiger partial charge in [-0.3, -0.25) is 4.68 Å². The molecule has 2 rings (SSSR count). The number of aromatic nitrogens is 2. The molecule has 1 aliphatic heterocycles. The Balaban J connectivity index is 2.23. The standard InChI is InChI=1S/C11H17F3N4/c1-7-9(15)10(17(2)16-7)18-5-3-4-8(6-18)11(12,13)14/h8H,3-6,15H2,1-2H3. The highest BCUT2D eigenvalue weighted by Crippen LogP contribution is 2.36. The summed E-state index contributed by atoms with van der Waals surface area (Å²) in [6.45, 7) is 2.31. The van der Waals surface area contributed by atoms with Crippen molar-refractivity contribution in [1.82, 2.24) is 9.78 Å². The summed E-state index contributed by atoms with van der Waals surface area (Å²) in [5.74, 6) is -0.678. The molecule has 0 radical (unpaired) electrons. The van der Waals surface area contributed by atoms with E-state index in [1.165, 1.54) is 0 Å². The predicted molar refractivity (Wildman–Crippen MR) is 63.3 cm³/mol. The van der Waals surface area contributed by atoms with Gasteiger partial charge in [-0.15, -0.1) is 0 Å². The maximum atomic E-state index is 12.8. The molecule has 0 aromatic carbocycles. The van der Waals surface area contributed by atoms with E-state index in [-0.39, 0.29) is 13.0 Å². The minimum atomic E-state index is -4.14. The Labute approximate surface area is 104 Å². The third-order valence-corrected chi connectivity index (χ3v) is 3.42. The lowest BCUT2D eigenvalue weighted by Gasteiger charge is -2.35. The van der Waals surface area contributed by atoms with E-state index in [0.717, 1.165) is 0 Å². The van der Waals surface area contributed by atoms with Gasteiger partial charge in [-0.1, -0.05) is 0 Å². The van der Waals surface area contributed by atoms with Crippen LogP contribution in [-0.4, -0.2) is 29.0 Å². The largest absolute Gasteiger partial charge is 0.394 e. The molecule has 1 atom stereocenters. The molecule has 0 saturated carbocycles. The average Bonchev–Trinajstić information content (AvgIpc) is 2.52. The Kier molecular flexibility index (Phi) is 3.16. The van der Waals surface area contributed by atoms with Crippen LogP contribution in [-0.2, 0) is 7.05 Å². The molecule has 1 aliphatic rings. The van der Waals surface area contributed by atoms with Crippen LogP contribution in [0.4, 0.5) is 24.7 Å². The molecule has 18 heavy (non-hydrogen) atoms. The molecule has 0 amide bonds. The first kappa shape index (κ1) is 13.0. The number of aryl methyl sites for hydroxylation is 2. The molecule has 4 nitrogen and oxygen atoms in total. The smallest absolute Gasteiger partial charge is 0.393 e. The average molecular weight is 262 g/mol. The van der Waals surface area contributed by atoms with E-state index >= 15 is 0 Å². The van der Waals surface area contributed by atoms with Crippen LogP contribution in [0.5, 0.6) is 0 Å².